The number of aromatic carboxylic acids is 1. The Balaban J connectivity index is 1.62. The summed E-state index contributed by atoms with van der Waals surface area (Å²) < 4.78 is 16.3. The smallest absolute Gasteiger partial charge is 0.356 e. The summed E-state index contributed by atoms with van der Waals surface area (Å²) in [4.78, 5) is 36.0. The van der Waals surface area contributed by atoms with Gasteiger partial charge in [0.2, 0.25) is 5.95 Å². The number of halogens is 1. The number of benzene rings is 2. The molecule has 2 aromatic heterocycles. The van der Waals surface area contributed by atoms with Crippen LogP contribution >= 0.6 is 0 Å². The molecular formula is C27H23FN6O3. The van der Waals surface area contributed by atoms with Crippen molar-refractivity contribution < 1.29 is 14.3 Å². The van der Waals surface area contributed by atoms with Crippen LogP contribution in [0.4, 0.5) is 16.0 Å². The number of carbonyl (C=O) groups is 1. The molecule has 0 saturated heterocycles. The molecule has 37 heavy (non-hydrogen) atoms. The van der Waals surface area contributed by atoms with E-state index in [0.29, 0.717) is 36.7 Å². The standard InChI is InChI=1S/C27H23FN6O3/c1-3-34-25(35)21-11-18(28)10-20(15(2)30-22-9-8-19(12-29)31-24(22)26(36)37)23(21)32-27(34)33-13-16-6-4-5-7-17(16)14-33/h4-11,15,30H,3,13-14H2,1-2H3,(H,36,37)/t15-/m1/s1. The Kier molecular flexibility index (Phi) is 6.05. The largest absolute Gasteiger partial charge is 0.476 e. The van der Waals surface area contributed by atoms with E-state index in [9.17, 15) is 19.1 Å². The molecule has 2 N–H and O–H groups in total. The Hall–Kier alpha value is -4.78. The highest BCUT2D eigenvalue weighted by Crippen LogP contribution is 2.31. The highest BCUT2D eigenvalue weighted by atomic mass is 19.1. The summed E-state index contributed by atoms with van der Waals surface area (Å²) in [6, 6.07) is 14.5. The molecule has 0 spiro atoms. The van der Waals surface area contributed by atoms with Crippen molar-refractivity contribution in [2.45, 2.75) is 39.5 Å². The zero-order valence-corrected chi connectivity index (χ0v) is 20.2. The fourth-order valence-corrected chi connectivity index (χ4v) is 4.75. The Morgan fingerprint density at radius 3 is 2.51 bits per heavy atom. The second-order valence-electron chi connectivity index (χ2n) is 8.85. The van der Waals surface area contributed by atoms with Gasteiger partial charge in [0.05, 0.1) is 22.6 Å². The first kappa shape index (κ1) is 23.9. The first-order valence-corrected chi connectivity index (χ1v) is 11.8. The predicted molar refractivity (Wildman–Crippen MR) is 136 cm³/mol. The van der Waals surface area contributed by atoms with Crippen LogP contribution < -0.4 is 15.8 Å². The van der Waals surface area contributed by atoms with E-state index in [0.717, 1.165) is 11.1 Å². The number of nitrogens with zero attached hydrogens (tertiary/aromatic N) is 5. The molecule has 0 radical (unpaired) electrons. The maximum absolute atomic E-state index is 14.7. The van der Waals surface area contributed by atoms with Crippen LogP contribution in [-0.4, -0.2) is 25.6 Å². The summed E-state index contributed by atoms with van der Waals surface area (Å²) in [5.74, 6) is -1.42. The summed E-state index contributed by atoms with van der Waals surface area (Å²) in [6.07, 6.45) is 0. The van der Waals surface area contributed by atoms with Crippen molar-refractivity contribution in [3.05, 3.63) is 92.8 Å². The zero-order valence-electron chi connectivity index (χ0n) is 20.2. The minimum Gasteiger partial charge on any atom is -0.476 e. The van der Waals surface area contributed by atoms with Crippen LogP contribution in [0.5, 0.6) is 0 Å². The van der Waals surface area contributed by atoms with Gasteiger partial charge in [0.1, 0.15) is 17.6 Å². The Labute approximate surface area is 211 Å². The number of nitrogens with one attached hydrogen (secondary N) is 1. The normalized spacial score (nSPS) is 13.3. The minimum absolute atomic E-state index is 0.0372. The summed E-state index contributed by atoms with van der Waals surface area (Å²) in [6.45, 7) is 5.12. The highest BCUT2D eigenvalue weighted by Gasteiger charge is 2.26. The summed E-state index contributed by atoms with van der Waals surface area (Å²) in [7, 11) is 0. The maximum Gasteiger partial charge on any atom is 0.356 e. The minimum atomic E-state index is -1.31. The molecule has 9 nitrogen and oxygen atoms in total. The molecule has 0 aliphatic carbocycles. The molecule has 186 valence electrons. The molecule has 3 heterocycles. The number of pyridine rings is 1. The molecule has 2 aromatic carbocycles. The van der Waals surface area contributed by atoms with Gasteiger partial charge >= 0.3 is 5.97 Å². The zero-order chi connectivity index (χ0) is 26.3. The van der Waals surface area contributed by atoms with E-state index in [1.807, 2.05) is 42.2 Å². The summed E-state index contributed by atoms with van der Waals surface area (Å²) >= 11 is 0. The topological polar surface area (TPSA) is 124 Å². The number of carboxylic acid groups (broad SMARTS) is 1. The molecule has 0 fully saturated rings. The van der Waals surface area contributed by atoms with Crippen LogP contribution in [0.2, 0.25) is 0 Å². The Morgan fingerprint density at radius 1 is 1.19 bits per heavy atom. The van der Waals surface area contributed by atoms with Crippen LogP contribution in [0, 0.1) is 17.1 Å². The SMILES string of the molecule is CCn1c(N2Cc3ccccc3C2)nc2c([C@@H](C)Nc3ccc(C#N)nc3C(=O)O)cc(F)cc2c1=O. The number of nitriles is 1. The second kappa shape index (κ2) is 9.35. The van der Waals surface area contributed by atoms with Crippen molar-refractivity contribution in [1.82, 2.24) is 14.5 Å². The van der Waals surface area contributed by atoms with Crippen LogP contribution in [0.15, 0.2) is 53.3 Å². The third-order valence-electron chi connectivity index (χ3n) is 6.52. The molecule has 1 aliphatic heterocycles. The average Bonchev–Trinajstić information content (AvgIpc) is 3.33. The number of rotatable bonds is 6. The van der Waals surface area contributed by atoms with E-state index in [1.165, 1.54) is 24.3 Å². The predicted octanol–water partition coefficient (Wildman–Crippen LogP) is 4.21. The van der Waals surface area contributed by atoms with Crippen molar-refractivity contribution in [3.8, 4) is 6.07 Å². The van der Waals surface area contributed by atoms with Crippen molar-refractivity contribution in [3.63, 3.8) is 0 Å². The molecule has 0 saturated carbocycles. The number of fused-ring (bicyclic) bond motifs is 2. The number of anilines is 2. The average molecular weight is 499 g/mol. The van der Waals surface area contributed by atoms with E-state index in [4.69, 9.17) is 10.2 Å². The van der Waals surface area contributed by atoms with Gasteiger partial charge in [-0.05, 0) is 49.2 Å². The number of hydrogen-bond acceptors (Lipinski definition) is 7. The second-order valence-corrected chi connectivity index (χ2v) is 8.85. The van der Waals surface area contributed by atoms with E-state index in [-0.39, 0.29) is 28.0 Å². The van der Waals surface area contributed by atoms with Gasteiger partial charge in [-0.25, -0.2) is 19.2 Å². The Morgan fingerprint density at radius 2 is 1.89 bits per heavy atom. The van der Waals surface area contributed by atoms with Crippen molar-refractivity contribution in [1.29, 1.82) is 5.26 Å². The van der Waals surface area contributed by atoms with E-state index in [2.05, 4.69) is 10.3 Å². The fourth-order valence-electron chi connectivity index (χ4n) is 4.75. The molecular weight excluding hydrogens is 475 g/mol. The first-order valence-electron chi connectivity index (χ1n) is 11.8. The van der Waals surface area contributed by atoms with Crippen molar-refractivity contribution in [2.24, 2.45) is 0 Å². The van der Waals surface area contributed by atoms with Gasteiger partial charge in [-0.2, -0.15) is 5.26 Å². The highest BCUT2D eigenvalue weighted by molar-refractivity contribution is 5.92. The van der Waals surface area contributed by atoms with Gasteiger partial charge in [0.15, 0.2) is 5.69 Å². The third-order valence-corrected chi connectivity index (χ3v) is 6.52. The lowest BCUT2D eigenvalue weighted by Gasteiger charge is -2.23. The monoisotopic (exact) mass is 498 g/mol. The number of aromatic nitrogens is 3. The molecule has 10 heteroatoms. The van der Waals surface area contributed by atoms with Crippen LogP contribution in [0.3, 0.4) is 0 Å². The summed E-state index contributed by atoms with van der Waals surface area (Å²) in [5.41, 5.74) is 2.49. The third kappa shape index (κ3) is 4.25. The molecule has 5 rings (SSSR count). The van der Waals surface area contributed by atoms with Crippen LogP contribution in [-0.2, 0) is 19.6 Å². The number of carboxylic acids is 1. The van der Waals surface area contributed by atoms with Crippen molar-refractivity contribution >= 4 is 28.5 Å². The molecule has 0 amide bonds. The van der Waals surface area contributed by atoms with Gasteiger partial charge < -0.3 is 15.3 Å². The lowest BCUT2D eigenvalue weighted by atomic mass is 10.0. The van der Waals surface area contributed by atoms with E-state index < -0.39 is 17.8 Å². The lowest BCUT2D eigenvalue weighted by molar-refractivity contribution is 0.0691. The van der Waals surface area contributed by atoms with E-state index >= 15 is 0 Å². The number of hydrogen-bond donors (Lipinski definition) is 2. The summed E-state index contributed by atoms with van der Waals surface area (Å²) in [5, 5.41) is 21.8. The van der Waals surface area contributed by atoms with Gasteiger partial charge in [-0.3, -0.25) is 9.36 Å². The molecule has 0 bridgehead atoms. The van der Waals surface area contributed by atoms with Crippen LogP contribution in [0.1, 0.15) is 52.8 Å². The molecule has 4 aromatic rings. The molecule has 1 atom stereocenters. The quantitative estimate of drug-likeness (QED) is 0.405. The van der Waals surface area contributed by atoms with Crippen LogP contribution in [0.25, 0.3) is 10.9 Å². The molecule has 1 aliphatic rings. The lowest BCUT2D eigenvalue weighted by Crippen LogP contribution is -2.30. The first-order chi connectivity index (χ1) is 17.8. The van der Waals surface area contributed by atoms with Gasteiger partial charge in [-0.1, -0.05) is 24.3 Å². The van der Waals surface area contributed by atoms with Crippen molar-refractivity contribution in [2.75, 3.05) is 10.2 Å². The Bertz CT molecular complexity index is 1630. The molecule has 0 unspecified atom stereocenters. The maximum atomic E-state index is 14.7. The fraction of sp³-hybridized carbons (Fsp3) is 0.222. The van der Waals surface area contributed by atoms with E-state index in [1.54, 1.807) is 11.5 Å². The van der Waals surface area contributed by atoms with Gasteiger partial charge in [0, 0.05) is 25.2 Å². The van der Waals surface area contributed by atoms with Gasteiger partial charge in [-0.15, -0.1) is 0 Å². The van der Waals surface area contributed by atoms with Gasteiger partial charge in [0.25, 0.3) is 5.56 Å².